The molecule has 0 spiro atoms. The van der Waals surface area contributed by atoms with Crippen molar-refractivity contribution in [3.05, 3.63) is 34.8 Å². The molecule has 1 N–H and O–H groups in total. The molecule has 0 bridgehead atoms. The SMILES string of the molecule is CCc1nnc(NC2c3ccccc3OCC2C)s1. The van der Waals surface area contributed by atoms with Crippen molar-refractivity contribution < 1.29 is 4.74 Å². The van der Waals surface area contributed by atoms with Crippen LogP contribution in [0.15, 0.2) is 24.3 Å². The van der Waals surface area contributed by atoms with E-state index in [4.69, 9.17) is 4.74 Å². The zero-order valence-electron chi connectivity index (χ0n) is 11.1. The topological polar surface area (TPSA) is 47.0 Å². The fourth-order valence-electron chi connectivity index (χ4n) is 2.30. The Balaban J connectivity index is 1.87. The molecule has 1 aliphatic rings. The fourth-order valence-corrected chi connectivity index (χ4v) is 3.02. The van der Waals surface area contributed by atoms with E-state index in [1.54, 1.807) is 11.3 Å². The molecule has 0 fully saturated rings. The molecule has 2 atom stereocenters. The summed E-state index contributed by atoms with van der Waals surface area (Å²) in [5.74, 6) is 1.38. The highest BCUT2D eigenvalue weighted by molar-refractivity contribution is 7.15. The second-order valence-corrected chi connectivity index (χ2v) is 5.86. The van der Waals surface area contributed by atoms with Crippen molar-refractivity contribution in [1.82, 2.24) is 10.2 Å². The third-order valence-electron chi connectivity index (χ3n) is 3.37. The summed E-state index contributed by atoms with van der Waals surface area (Å²) in [6.07, 6.45) is 0.930. The number of nitrogens with one attached hydrogen (secondary N) is 1. The second-order valence-electron chi connectivity index (χ2n) is 4.80. The highest BCUT2D eigenvalue weighted by Crippen LogP contribution is 2.37. The van der Waals surface area contributed by atoms with Gasteiger partial charge in [-0.05, 0) is 12.5 Å². The van der Waals surface area contributed by atoms with Gasteiger partial charge in [0.1, 0.15) is 10.8 Å². The Morgan fingerprint density at radius 1 is 1.37 bits per heavy atom. The normalized spacial score (nSPS) is 21.6. The Morgan fingerprint density at radius 2 is 2.21 bits per heavy atom. The Hall–Kier alpha value is -1.62. The van der Waals surface area contributed by atoms with Crippen LogP contribution >= 0.6 is 11.3 Å². The van der Waals surface area contributed by atoms with Gasteiger partial charge < -0.3 is 10.1 Å². The number of para-hydroxylation sites is 1. The lowest BCUT2D eigenvalue weighted by Crippen LogP contribution is -2.28. The van der Waals surface area contributed by atoms with Gasteiger partial charge in [-0.2, -0.15) is 0 Å². The van der Waals surface area contributed by atoms with Gasteiger partial charge in [0.25, 0.3) is 0 Å². The summed E-state index contributed by atoms with van der Waals surface area (Å²) in [7, 11) is 0. The number of benzene rings is 1. The van der Waals surface area contributed by atoms with Gasteiger partial charge in [0.15, 0.2) is 0 Å². The van der Waals surface area contributed by atoms with Gasteiger partial charge in [0.2, 0.25) is 5.13 Å². The van der Waals surface area contributed by atoms with Gasteiger partial charge in [-0.3, -0.25) is 0 Å². The third kappa shape index (κ3) is 2.42. The predicted molar refractivity (Wildman–Crippen MR) is 76.8 cm³/mol. The highest BCUT2D eigenvalue weighted by atomic mass is 32.1. The molecule has 0 saturated carbocycles. The number of fused-ring (bicyclic) bond motifs is 1. The molecule has 2 unspecified atom stereocenters. The first-order chi connectivity index (χ1) is 9.28. The zero-order valence-corrected chi connectivity index (χ0v) is 11.9. The maximum atomic E-state index is 5.76. The summed E-state index contributed by atoms with van der Waals surface area (Å²) in [6, 6.07) is 8.43. The predicted octanol–water partition coefficient (Wildman–Crippen LogP) is 3.28. The second kappa shape index (κ2) is 5.17. The van der Waals surface area contributed by atoms with Gasteiger partial charge in [0.05, 0.1) is 12.6 Å². The van der Waals surface area contributed by atoms with E-state index in [1.807, 2.05) is 18.2 Å². The van der Waals surface area contributed by atoms with Crippen LogP contribution in [0.4, 0.5) is 5.13 Å². The molecule has 0 radical (unpaired) electrons. The van der Waals surface area contributed by atoms with Crippen LogP contribution in [0.25, 0.3) is 0 Å². The maximum absolute atomic E-state index is 5.76. The summed E-state index contributed by atoms with van der Waals surface area (Å²) in [5.41, 5.74) is 1.20. The van der Waals surface area contributed by atoms with Crippen molar-refractivity contribution in [3.8, 4) is 5.75 Å². The highest BCUT2D eigenvalue weighted by Gasteiger charge is 2.28. The number of rotatable bonds is 3. The van der Waals surface area contributed by atoms with E-state index in [2.05, 4.69) is 35.4 Å². The minimum Gasteiger partial charge on any atom is -0.493 e. The summed E-state index contributed by atoms with van der Waals surface area (Å²) in [6.45, 7) is 5.01. The molecule has 5 heteroatoms. The van der Waals surface area contributed by atoms with Crippen LogP contribution in [0, 0.1) is 5.92 Å². The van der Waals surface area contributed by atoms with Crippen molar-refractivity contribution in [1.29, 1.82) is 0 Å². The van der Waals surface area contributed by atoms with Gasteiger partial charge in [-0.1, -0.05) is 43.4 Å². The quantitative estimate of drug-likeness (QED) is 0.933. The lowest BCUT2D eigenvalue weighted by molar-refractivity contribution is 0.214. The average Bonchev–Trinajstić information content (AvgIpc) is 2.90. The number of hydrogen-bond acceptors (Lipinski definition) is 5. The van der Waals surface area contributed by atoms with E-state index >= 15 is 0 Å². The number of hydrogen-bond donors (Lipinski definition) is 1. The van der Waals surface area contributed by atoms with E-state index in [0.29, 0.717) is 5.92 Å². The maximum Gasteiger partial charge on any atom is 0.206 e. The molecular formula is C14H17N3OS. The fraction of sp³-hybridized carbons (Fsp3) is 0.429. The molecule has 1 aromatic carbocycles. The van der Waals surface area contributed by atoms with Crippen molar-refractivity contribution in [2.45, 2.75) is 26.3 Å². The number of nitrogens with zero attached hydrogens (tertiary/aromatic N) is 2. The largest absolute Gasteiger partial charge is 0.493 e. The minimum atomic E-state index is 0.239. The minimum absolute atomic E-state index is 0.239. The van der Waals surface area contributed by atoms with E-state index in [0.717, 1.165) is 28.9 Å². The summed E-state index contributed by atoms with van der Waals surface area (Å²) >= 11 is 1.63. The molecule has 1 aromatic heterocycles. The Labute approximate surface area is 116 Å². The van der Waals surface area contributed by atoms with Crippen LogP contribution in [-0.4, -0.2) is 16.8 Å². The van der Waals surface area contributed by atoms with Crippen LogP contribution in [0.5, 0.6) is 5.75 Å². The Bertz CT molecular complexity index is 569. The molecule has 0 amide bonds. The first kappa shape index (κ1) is 12.4. The van der Waals surface area contributed by atoms with Crippen molar-refractivity contribution in [3.63, 3.8) is 0 Å². The first-order valence-electron chi connectivity index (χ1n) is 6.58. The van der Waals surface area contributed by atoms with E-state index in [1.165, 1.54) is 5.56 Å². The summed E-state index contributed by atoms with van der Waals surface area (Å²) in [5, 5.41) is 13.8. The molecule has 0 aliphatic carbocycles. The van der Waals surface area contributed by atoms with Crippen molar-refractivity contribution in [2.24, 2.45) is 5.92 Å². The van der Waals surface area contributed by atoms with Crippen molar-refractivity contribution >= 4 is 16.5 Å². The summed E-state index contributed by atoms with van der Waals surface area (Å²) in [4.78, 5) is 0. The van der Waals surface area contributed by atoms with Crippen LogP contribution in [0.1, 0.15) is 30.5 Å². The molecule has 2 aromatic rings. The monoisotopic (exact) mass is 275 g/mol. The average molecular weight is 275 g/mol. The summed E-state index contributed by atoms with van der Waals surface area (Å²) < 4.78 is 5.76. The van der Waals surface area contributed by atoms with Crippen LogP contribution in [0.3, 0.4) is 0 Å². The lowest BCUT2D eigenvalue weighted by Gasteiger charge is -2.31. The molecular weight excluding hydrogens is 258 g/mol. The molecule has 0 saturated heterocycles. The number of aromatic nitrogens is 2. The molecule has 4 nitrogen and oxygen atoms in total. The van der Waals surface area contributed by atoms with Gasteiger partial charge in [0, 0.05) is 11.5 Å². The smallest absolute Gasteiger partial charge is 0.206 e. The molecule has 2 heterocycles. The number of ether oxygens (including phenoxy) is 1. The standard InChI is InChI=1S/C14H17N3OS/c1-3-12-16-17-14(19-12)15-13-9(2)8-18-11-7-5-4-6-10(11)13/h4-7,9,13H,3,8H2,1-2H3,(H,15,17). The molecule has 1 aliphatic heterocycles. The van der Waals surface area contributed by atoms with Gasteiger partial charge >= 0.3 is 0 Å². The van der Waals surface area contributed by atoms with Crippen LogP contribution in [0.2, 0.25) is 0 Å². The third-order valence-corrected chi connectivity index (χ3v) is 4.37. The molecule has 19 heavy (non-hydrogen) atoms. The van der Waals surface area contributed by atoms with Gasteiger partial charge in [-0.15, -0.1) is 10.2 Å². The van der Waals surface area contributed by atoms with E-state index in [-0.39, 0.29) is 6.04 Å². The first-order valence-corrected chi connectivity index (χ1v) is 7.40. The Morgan fingerprint density at radius 3 is 3.00 bits per heavy atom. The molecule has 3 rings (SSSR count). The van der Waals surface area contributed by atoms with Gasteiger partial charge in [-0.25, -0.2) is 0 Å². The number of anilines is 1. The molecule has 100 valence electrons. The number of aryl methyl sites for hydroxylation is 1. The van der Waals surface area contributed by atoms with Crippen molar-refractivity contribution in [2.75, 3.05) is 11.9 Å². The van der Waals surface area contributed by atoms with Crippen LogP contribution < -0.4 is 10.1 Å². The van der Waals surface area contributed by atoms with E-state index < -0.39 is 0 Å². The van der Waals surface area contributed by atoms with Crippen LogP contribution in [-0.2, 0) is 6.42 Å². The zero-order chi connectivity index (χ0) is 13.2. The lowest BCUT2D eigenvalue weighted by atomic mass is 9.92. The van der Waals surface area contributed by atoms with E-state index in [9.17, 15) is 0 Å². The Kier molecular flexibility index (Phi) is 3.38.